The van der Waals surface area contributed by atoms with Crippen molar-refractivity contribution in [2.45, 2.75) is 32.9 Å². The molecule has 0 aliphatic rings. The third-order valence-electron chi connectivity index (χ3n) is 3.26. The van der Waals surface area contributed by atoms with E-state index in [2.05, 4.69) is 53.0 Å². The summed E-state index contributed by atoms with van der Waals surface area (Å²) in [5, 5.41) is 3.57. The van der Waals surface area contributed by atoms with Crippen molar-refractivity contribution >= 4 is 0 Å². The summed E-state index contributed by atoms with van der Waals surface area (Å²) in [5.41, 5.74) is 2.74. The summed E-state index contributed by atoms with van der Waals surface area (Å²) in [6.07, 6.45) is 6.81. The number of hydrogen-bond donors (Lipinski definition) is 1. The predicted molar refractivity (Wildman–Crippen MR) is 74.4 cm³/mol. The second-order valence-electron chi connectivity index (χ2n) is 4.69. The lowest BCUT2D eigenvalue weighted by Gasteiger charge is -2.16. The highest BCUT2D eigenvalue weighted by Gasteiger charge is 2.06. The van der Waals surface area contributed by atoms with Crippen LogP contribution in [-0.2, 0) is 6.54 Å². The highest BCUT2D eigenvalue weighted by atomic mass is 15.0. The van der Waals surface area contributed by atoms with Crippen LogP contribution in [0.2, 0.25) is 0 Å². The summed E-state index contributed by atoms with van der Waals surface area (Å²) in [6.45, 7) is 6.43. The minimum absolute atomic E-state index is 0.411. The summed E-state index contributed by atoms with van der Waals surface area (Å²) in [5.74, 6) is 0. The van der Waals surface area contributed by atoms with Gasteiger partial charge in [0, 0.05) is 25.0 Å². The lowest BCUT2D eigenvalue weighted by Crippen LogP contribution is -2.21. The van der Waals surface area contributed by atoms with Gasteiger partial charge in [0.2, 0.25) is 0 Å². The monoisotopic (exact) mass is 243 g/mol. The van der Waals surface area contributed by atoms with Crippen LogP contribution in [0.15, 0.2) is 43.0 Å². The fourth-order valence-corrected chi connectivity index (χ4v) is 2.18. The van der Waals surface area contributed by atoms with Crippen molar-refractivity contribution in [2.75, 3.05) is 6.54 Å². The molecule has 0 bridgehead atoms. The molecule has 0 aliphatic carbocycles. The maximum Gasteiger partial charge on any atom is 0.0945 e. The average Bonchev–Trinajstić information content (AvgIpc) is 2.88. The number of aryl methyl sites for hydroxylation is 2. The smallest absolute Gasteiger partial charge is 0.0945 e. The van der Waals surface area contributed by atoms with E-state index in [0.717, 1.165) is 19.5 Å². The van der Waals surface area contributed by atoms with E-state index in [1.807, 2.05) is 18.7 Å². The van der Waals surface area contributed by atoms with Crippen LogP contribution in [0.3, 0.4) is 0 Å². The zero-order valence-corrected chi connectivity index (χ0v) is 11.1. The molecule has 0 saturated carbocycles. The largest absolute Gasteiger partial charge is 0.337 e. The van der Waals surface area contributed by atoms with Crippen molar-refractivity contribution < 1.29 is 0 Å². The van der Waals surface area contributed by atoms with Crippen LogP contribution in [0.4, 0.5) is 0 Å². The van der Waals surface area contributed by atoms with Gasteiger partial charge in [0.15, 0.2) is 0 Å². The molecule has 1 N–H and O–H groups in total. The molecule has 0 radical (unpaired) electrons. The second kappa shape index (κ2) is 6.36. The van der Waals surface area contributed by atoms with Gasteiger partial charge in [-0.3, -0.25) is 0 Å². The first-order valence-corrected chi connectivity index (χ1v) is 6.52. The van der Waals surface area contributed by atoms with Crippen molar-refractivity contribution in [3.63, 3.8) is 0 Å². The summed E-state index contributed by atoms with van der Waals surface area (Å²) < 4.78 is 2.11. The highest BCUT2D eigenvalue weighted by Crippen LogP contribution is 2.16. The first-order chi connectivity index (χ1) is 8.77. The molecule has 2 rings (SSSR count). The molecular formula is C15H21N3. The normalized spacial score (nSPS) is 12.6. The summed E-state index contributed by atoms with van der Waals surface area (Å²) in [4.78, 5) is 4.04. The van der Waals surface area contributed by atoms with Gasteiger partial charge in [0.25, 0.3) is 0 Å². The molecule has 3 nitrogen and oxygen atoms in total. The van der Waals surface area contributed by atoms with Gasteiger partial charge < -0.3 is 9.88 Å². The maximum absolute atomic E-state index is 4.04. The molecule has 3 heteroatoms. The molecule has 1 heterocycles. The van der Waals surface area contributed by atoms with Gasteiger partial charge in [-0.15, -0.1) is 0 Å². The number of aromatic nitrogens is 2. The average molecular weight is 243 g/mol. The van der Waals surface area contributed by atoms with E-state index in [-0.39, 0.29) is 0 Å². The Morgan fingerprint density at radius 3 is 2.89 bits per heavy atom. The molecule has 18 heavy (non-hydrogen) atoms. The number of hydrogen-bond acceptors (Lipinski definition) is 2. The lowest BCUT2D eigenvalue weighted by atomic mass is 10.0. The molecule has 96 valence electrons. The van der Waals surface area contributed by atoms with Gasteiger partial charge in [-0.2, -0.15) is 0 Å². The third kappa shape index (κ3) is 3.44. The number of nitrogens with zero attached hydrogens (tertiary/aromatic N) is 2. The van der Waals surface area contributed by atoms with Gasteiger partial charge in [0.05, 0.1) is 6.33 Å². The number of benzene rings is 1. The number of imidazole rings is 1. The Morgan fingerprint density at radius 2 is 2.17 bits per heavy atom. The van der Waals surface area contributed by atoms with Crippen LogP contribution < -0.4 is 5.32 Å². The maximum atomic E-state index is 4.04. The molecule has 2 aromatic rings. The zero-order valence-electron chi connectivity index (χ0n) is 11.1. The van der Waals surface area contributed by atoms with Crippen molar-refractivity contribution in [3.8, 4) is 0 Å². The van der Waals surface area contributed by atoms with E-state index < -0.39 is 0 Å². The molecule has 0 aliphatic heterocycles. The number of nitrogens with one attached hydrogen (secondary N) is 1. The molecule has 1 atom stereocenters. The molecule has 0 fully saturated rings. The van der Waals surface area contributed by atoms with E-state index in [1.165, 1.54) is 11.1 Å². The fourth-order valence-electron chi connectivity index (χ4n) is 2.18. The van der Waals surface area contributed by atoms with Crippen LogP contribution >= 0.6 is 0 Å². The van der Waals surface area contributed by atoms with E-state index >= 15 is 0 Å². The fraction of sp³-hybridized carbons (Fsp3) is 0.400. The second-order valence-corrected chi connectivity index (χ2v) is 4.69. The standard InChI is InChI=1S/C15H21N3/c1-13-6-3-4-7-15(13)14(2)17-8-5-10-18-11-9-16-12-18/h3-4,6-7,9,11-12,14,17H,5,8,10H2,1-2H3/t14-/m1/s1. The molecule has 0 saturated heterocycles. The highest BCUT2D eigenvalue weighted by molar-refractivity contribution is 5.28. The molecule has 0 spiro atoms. The Labute approximate surface area is 109 Å². The Kier molecular flexibility index (Phi) is 4.53. The van der Waals surface area contributed by atoms with Crippen molar-refractivity contribution in [3.05, 3.63) is 54.1 Å². The van der Waals surface area contributed by atoms with Gasteiger partial charge >= 0.3 is 0 Å². The minimum Gasteiger partial charge on any atom is -0.337 e. The quantitative estimate of drug-likeness (QED) is 0.791. The van der Waals surface area contributed by atoms with Crippen LogP contribution in [0.1, 0.15) is 30.5 Å². The van der Waals surface area contributed by atoms with Gasteiger partial charge in [0.1, 0.15) is 0 Å². The summed E-state index contributed by atoms with van der Waals surface area (Å²) in [6, 6.07) is 8.97. The van der Waals surface area contributed by atoms with Gasteiger partial charge in [-0.05, 0) is 37.9 Å². The molecule has 0 unspecified atom stereocenters. The minimum atomic E-state index is 0.411. The SMILES string of the molecule is Cc1ccccc1[C@@H](C)NCCCn1ccnc1. The Hall–Kier alpha value is -1.61. The molecule has 1 aromatic heterocycles. The molecule has 0 amide bonds. The van der Waals surface area contributed by atoms with E-state index in [0.29, 0.717) is 6.04 Å². The Morgan fingerprint density at radius 1 is 1.33 bits per heavy atom. The van der Waals surface area contributed by atoms with Gasteiger partial charge in [-0.1, -0.05) is 24.3 Å². The van der Waals surface area contributed by atoms with Gasteiger partial charge in [-0.25, -0.2) is 4.98 Å². The summed E-state index contributed by atoms with van der Waals surface area (Å²) in [7, 11) is 0. The van der Waals surface area contributed by atoms with Crippen molar-refractivity contribution in [1.82, 2.24) is 14.9 Å². The lowest BCUT2D eigenvalue weighted by molar-refractivity contribution is 0.525. The van der Waals surface area contributed by atoms with Crippen LogP contribution in [0.5, 0.6) is 0 Å². The summed E-state index contributed by atoms with van der Waals surface area (Å²) >= 11 is 0. The predicted octanol–water partition coefficient (Wildman–Crippen LogP) is 2.93. The van der Waals surface area contributed by atoms with Crippen LogP contribution in [-0.4, -0.2) is 16.1 Å². The molecule has 1 aromatic carbocycles. The zero-order chi connectivity index (χ0) is 12.8. The van der Waals surface area contributed by atoms with Crippen LogP contribution in [0, 0.1) is 6.92 Å². The third-order valence-corrected chi connectivity index (χ3v) is 3.26. The first kappa shape index (κ1) is 12.8. The number of rotatable bonds is 6. The van der Waals surface area contributed by atoms with Crippen LogP contribution in [0.25, 0.3) is 0 Å². The van der Waals surface area contributed by atoms with E-state index in [9.17, 15) is 0 Å². The first-order valence-electron chi connectivity index (χ1n) is 6.52. The van der Waals surface area contributed by atoms with Crippen molar-refractivity contribution in [1.29, 1.82) is 0 Å². The topological polar surface area (TPSA) is 29.9 Å². The van der Waals surface area contributed by atoms with E-state index in [1.54, 1.807) is 0 Å². The van der Waals surface area contributed by atoms with Crippen molar-refractivity contribution in [2.24, 2.45) is 0 Å². The Bertz CT molecular complexity index is 462. The Balaban J connectivity index is 1.75. The van der Waals surface area contributed by atoms with E-state index in [4.69, 9.17) is 0 Å². The molecular weight excluding hydrogens is 222 g/mol.